The van der Waals surface area contributed by atoms with Gasteiger partial charge in [-0.2, -0.15) is 0 Å². The summed E-state index contributed by atoms with van der Waals surface area (Å²) in [6.45, 7) is 1.45. The van der Waals surface area contributed by atoms with E-state index in [2.05, 4.69) is 5.32 Å². The lowest BCUT2D eigenvalue weighted by molar-refractivity contribution is -0.138. The molecule has 36 heavy (non-hydrogen) atoms. The van der Waals surface area contributed by atoms with Gasteiger partial charge in [-0.05, 0) is 55.3 Å². The minimum Gasteiger partial charge on any atom is -0.457 e. The van der Waals surface area contributed by atoms with Gasteiger partial charge in [0.1, 0.15) is 24.1 Å². The van der Waals surface area contributed by atoms with Crippen molar-refractivity contribution in [2.45, 2.75) is 19.4 Å². The minimum absolute atomic E-state index is 0.263. The molecule has 9 heteroatoms. The zero-order chi connectivity index (χ0) is 26.1. The maximum Gasteiger partial charge on any atom is 0.244 e. The van der Waals surface area contributed by atoms with Crippen molar-refractivity contribution in [3.05, 3.63) is 90.5 Å². The van der Waals surface area contributed by atoms with Gasteiger partial charge in [0, 0.05) is 13.6 Å². The van der Waals surface area contributed by atoms with Crippen molar-refractivity contribution >= 4 is 27.5 Å². The molecule has 190 valence electrons. The molecule has 0 saturated heterocycles. The predicted octanol–water partition coefficient (Wildman–Crippen LogP) is 3.45. The Hall–Kier alpha value is -3.85. The molecule has 0 radical (unpaired) electrons. The average molecular weight is 510 g/mol. The Balaban J connectivity index is 1.80. The third-order valence-electron chi connectivity index (χ3n) is 5.68. The molecule has 0 bridgehead atoms. The first-order valence-electron chi connectivity index (χ1n) is 11.5. The Bertz CT molecular complexity index is 1250. The van der Waals surface area contributed by atoms with Crippen LogP contribution in [0.2, 0.25) is 0 Å². The Labute approximate surface area is 212 Å². The molecule has 0 aliphatic rings. The molecule has 1 atom stereocenters. The highest BCUT2D eigenvalue weighted by atomic mass is 32.2. The monoisotopic (exact) mass is 509 g/mol. The molecule has 0 saturated carbocycles. The van der Waals surface area contributed by atoms with Gasteiger partial charge in [0.25, 0.3) is 0 Å². The Morgan fingerprint density at radius 1 is 0.889 bits per heavy atom. The van der Waals surface area contributed by atoms with Crippen LogP contribution in [0.5, 0.6) is 11.5 Å². The van der Waals surface area contributed by atoms with E-state index >= 15 is 0 Å². The first-order valence-corrected chi connectivity index (χ1v) is 13.4. The van der Waals surface area contributed by atoms with Crippen LogP contribution < -0.4 is 14.4 Å². The smallest absolute Gasteiger partial charge is 0.244 e. The van der Waals surface area contributed by atoms with Crippen molar-refractivity contribution in [2.24, 2.45) is 0 Å². The minimum atomic E-state index is -3.79. The highest BCUT2D eigenvalue weighted by Gasteiger charge is 2.29. The molecule has 3 aromatic carbocycles. The van der Waals surface area contributed by atoms with E-state index < -0.39 is 28.5 Å². The fraction of sp³-hybridized carbons (Fsp3) is 0.259. The lowest BCUT2D eigenvalue weighted by Gasteiger charge is -2.31. The standard InChI is InChI=1S/C27H31N3O5S/c1-21(27(32)28-2)29(19-18-22-10-6-4-7-11-22)26(31)20-30(36(3,33)34)23-14-16-25(17-15-23)35-24-12-8-5-9-13-24/h4-17,21H,18-20H2,1-3H3,(H,28,32). The molecule has 2 amide bonds. The highest BCUT2D eigenvalue weighted by molar-refractivity contribution is 7.92. The fourth-order valence-corrected chi connectivity index (χ4v) is 4.55. The van der Waals surface area contributed by atoms with Crippen LogP contribution in [-0.4, -0.2) is 57.6 Å². The van der Waals surface area contributed by atoms with Crippen LogP contribution in [0, 0.1) is 0 Å². The van der Waals surface area contributed by atoms with Crippen LogP contribution in [-0.2, 0) is 26.0 Å². The van der Waals surface area contributed by atoms with E-state index in [-0.39, 0.29) is 12.5 Å². The van der Waals surface area contributed by atoms with Gasteiger partial charge in [0.2, 0.25) is 21.8 Å². The molecule has 0 aliphatic carbocycles. The maximum atomic E-state index is 13.4. The summed E-state index contributed by atoms with van der Waals surface area (Å²) in [6, 6.07) is 24.5. The number of carbonyl (C=O) groups excluding carboxylic acids is 2. The number of rotatable bonds is 11. The molecule has 0 fully saturated rings. The number of ether oxygens (including phenoxy) is 1. The third-order valence-corrected chi connectivity index (χ3v) is 6.82. The molecule has 0 spiro atoms. The van der Waals surface area contributed by atoms with Crippen LogP contribution in [0.25, 0.3) is 0 Å². The Morgan fingerprint density at radius 3 is 2.00 bits per heavy atom. The molecule has 3 rings (SSSR count). The van der Waals surface area contributed by atoms with Crippen molar-refractivity contribution in [1.29, 1.82) is 0 Å². The van der Waals surface area contributed by atoms with Crippen molar-refractivity contribution < 1.29 is 22.7 Å². The molecule has 1 unspecified atom stereocenters. The number of sulfonamides is 1. The van der Waals surface area contributed by atoms with Gasteiger partial charge in [-0.25, -0.2) is 8.42 Å². The number of anilines is 1. The second-order valence-corrected chi connectivity index (χ2v) is 10.2. The quantitative estimate of drug-likeness (QED) is 0.427. The van der Waals surface area contributed by atoms with Crippen molar-refractivity contribution in [3.63, 3.8) is 0 Å². The Kier molecular flexibility index (Phi) is 9.08. The van der Waals surface area contributed by atoms with Gasteiger partial charge in [0.05, 0.1) is 11.9 Å². The summed E-state index contributed by atoms with van der Waals surface area (Å²) in [4.78, 5) is 27.2. The van der Waals surface area contributed by atoms with Gasteiger partial charge >= 0.3 is 0 Å². The number of nitrogens with one attached hydrogen (secondary N) is 1. The van der Waals surface area contributed by atoms with E-state index in [4.69, 9.17) is 4.74 Å². The van der Waals surface area contributed by atoms with Crippen LogP contribution in [0.3, 0.4) is 0 Å². The maximum absolute atomic E-state index is 13.4. The topological polar surface area (TPSA) is 96.0 Å². The van der Waals surface area contributed by atoms with Gasteiger partial charge < -0.3 is 15.0 Å². The molecular weight excluding hydrogens is 478 g/mol. The summed E-state index contributed by atoms with van der Waals surface area (Å²) in [5, 5.41) is 2.56. The van der Waals surface area contributed by atoms with E-state index in [0.717, 1.165) is 16.1 Å². The summed E-state index contributed by atoms with van der Waals surface area (Å²) >= 11 is 0. The first kappa shape index (κ1) is 26.7. The molecule has 0 aliphatic heterocycles. The van der Waals surface area contributed by atoms with Crippen LogP contribution in [0.4, 0.5) is 5.69 Å². The average Bonchev–Trinajstić information content (AvgIpc) is 2.88. The number of para-hydroxylation sites is 1. The molecule has 0 aromatic heterocycles. The van der Waals surface area contributed by atoms with Crippen molar-refractivity contribution in [1.82, 2.24) is 10.2 Å². The second-order valence-electron chi connectivity index (χ2n) is 8.29. The third kappa shape index (κ3) is 7.32. The molecule has 1 N–H and O–H groups in total. The number of hydrogen-bond acceptors (Lipinski definition) is 5. The van der Waals surface area contributed by atoms with E-state index in [1.165, 1.54) is 11.9 Å². The second kappa shape index (κ2) is 12.2. The van der Waals surface area contributed by atoms with Gasteiger partial charge in [0.15, 0.2) is 0 Å². The highest BCUT2D eigenvalue weighted by Crippen LogP contribution is 2.25. The number of nitrogens with zero attached hydrogens (tertiary/aromatic N) is 2. The summed E-state index contributed by atoms with van der Waals surface area (Å²) in [7, 11) is -2.29. The van der Waals surface area contributed by atoms with E-state index in [0.29, 0.717) is 23.6 Å². The van der Waals surface area contributed by atoms with E-state index in [1.807, 2.05) is 60.7 Å². The lowest BCUT2D eigenvalue weighted by atomic mass is 10.1. The number of hydrogen-bond donors (Lipinski definition) is 1. The summed E-state index contributed by atoms with van der Waals surface area (Å²) < 4.78 is 32.1. The zero-order valence-corrected chi connectivity index (χ0v) is 21.4. The van der Waals surface area contributed by atoms with E-state index in [9.17, 15) is 18.0 Å². The van der Waals surface area contributed by atoms with Crippen LogP contribution in [0.15, 0.2) is 84.9 Å². The number of amides is 2. The van der Waals surface area contributed by atoms with E-state index in [1.54, 1.807) is 31.2 Å². The van der Waals surface area contributed by atoms with Gasteiger partial charge in [-0.15, -0.1) is 0 Å². The number of benzene rings is 3. The molecule has 3 aromatic rings. The number of carbonyl (C=O) groups is 2. The van der Waals surface area contributed by atoms with Crippen LogP contribution >= 0.6 is 0 Å². The zero-order valence-electron chi connectivity index (χ0n) is 20.6. The van der Waals surface area contributed by atoms with Crippen LogP contribution in [0.1, 0.15) is 12.5 Å². The number of likely N-dealkylation sites (N-methyl/N-ethyl adjacent to an activating group) is 1. The molecule has 0 heterocycles. The lowest BCUT2D eigenvalue weighted by Crippen LogP contribution is -2.51. The predicted molar refractivity (Wildman–Crippen MR) is 141 cm³/mol. The molecular formula is C27H31N3O5S. The fourth-order valence-electron chi connectivity index (χ4n) is 3.70. The summed E-state index contributed by atoms with van der Waals surface area (Å²) in [6.07, 6.45) is 1.57. The summed E-state index contributed by atoms with van der Waals surface area (Å²) in [5.74, 6) is 0.377. The largest absolute Gasteiger partial charge is 0.457 e. The van der Waals surface area contributed by atoms with Gasteiger partial charge in [-0.3, -0.25) is 13.9 Å². The van der Waals surface area contributed by atoms with Gasteiger partial charge in [-0.1, -0.05) is 48.5 Å². The molecule has 8 nitrogen and oxygen atoms in total. The first-order chi connectivity index (χ1) is 17.2. The normalized spacial score (nSPS) is 11.9. The SMILES string of the molecule is CNC(=O)C(C)N(CCc1ccccc1)C(=O)CN(c1ccc(Oc2ccccc2)cc1)S(C)(=O)=O. The van der Waals surface area contributed by atoms with Crippen molar-refractivity contribution in [2.75, 3.05) is 30.7 Å². The van der Waals surface area contributed by atoms with Crippen molar-refractivity contribution in [3.8, 4) is 11.5 Å². The Morgan fingerprint density at radius 2 is 1.44 bits per heavy atom. The summed E-state index contributed by atoms with van der Waals surface area (Å²) in [5.41, 5.74) is 1.33.